The molecule has 0 aliphatic carbocycles. The van der Waals surface area contributed by atoms with Crippen LogP contribution >= 0.6 is 0 Å². The second-order valence-electron chi connectivity index (χ2n) is 2.73. The molecule has 0 saturated carbocycles. The summed E-state index contributed by atoms with van der Waals surface area (Å²) in [5.41, 5.74) is -0.185. The molecule has 4 heteroatoms. The molecule has 1 heterocycles. The molecule has 0 saturated heterocycles. The highest BCUT2D eigenvalue weighted by molar-refractivity contribution is 5.31. The highest BCUT2D eigenvalue weighted by atomic mass is 19.1. The summed E-state index contributed by atoms with van der Waals surface area (Å²) in [7, 11) is 0. The molecule has 0 radical (unpaired) electrons. The Kier molecular flexibility index (Phi) is 2.10. The SMILES string of the molecule is O=c1cccnn1-c1ccccc1F. The number of nitrogens with zero attached hydrogens (tertiary/aromatic N) is 2. The lowest BCUT2D eigenvalue weighted by Gasteiger charge is -2.03. The highest BCUT2D eigenvalue weighted by Crippen LogP contribution is 2.08. The summed E-state index contributed by atoms with van der Waals surface area (Å²) in [6.07, 6.45) is 1.44. The van der Waals surface area contributed by atoms with Gasteiger partial charge in [0.15, 0.2) is 0 Å². The third-order valence-corrected chi connectivity index (χ3v) is 1.80. The molecule has 0 amide bonds. The van der Waals surface area contributed by atoms with Crippen molar-refractivity contribution in [2.45, 2.75) is 0 Å². The van der Waals surface area contributed by atoms with E-state index in [1.54, 1.807) is 12.1 Å². The van der Waals surface area contributed by atoms with Gasteiger partial charge in [0.25, 0.3) is 5.56 Å². The third-order valence-electron chi connectivity index (χ3n) is 1.80. The zero-order valence-electron chi connectivity index (χ0n) is 7.22. The number of para-hydroxylation sites is 1. The van der Waals surface area contributed by atoms with Gasteiger partial charge in [-0.3, -0.25) is 4.79 Å². The Morgan fingerprint density at radius 2 is 1.93 bits per heavy atom. The quantitative estimate of drug-likeness (QED) is 0.680. The Morgan fingerprint density at radius 3 is 2.64 bits per heavy atom. The fraction of sp³-hybridized carbons (Fsp3) is 0. The number of rotatable bonds is 1. The van der Waals surface area contributed by atoms with Gasteiger partial charge in [-0.1, -0.05) is 12.1 Å². The lowest BCUT2D eigenvalue weighted by Crippen LogP contribution is -2.20. The maximum Gasteiger partial charge on any atom is 0.271 e. The van der Waals surface area contributed by atoms with Crippen molar-refractivity contribution in [3.05, 3.63) is 58.8 Å². The largest absolute Gasteiger partial charge is 0.271 e. The van der Waals surface area contributed by atoms with Gasteiger partial charge in [0.05, 0.1) is 0 Å². The van der Waals surface area contributed by atoms with Gasteiger partial charge in [-0.15, -0.1) is 0 Å². The van der Waals surface area contributed by atoms with Gasteiger partial charge in [-0.25, -0.2) is 4.39 Å². The van der Waals surface area contributed by atoms with Gasteiger partial charge >= 0.3 is 0 Å². The Morgan fingerprint density at radius 1 is 1.14 bits per heavy atom. The molecular formula is C10H7FN2O. The predicted octanol–water partition coefficient (Wildman–Crippen LogP) is 1.37. The number of aromatic nitrogens is 2. The summed E-state index contributed by atoms with van der Waals surface area (Å²) in [6.45, 7) is 0. The van der Waals surface area contributed by atoms with Crippen LogP contribution in [0.5, 0.6) is 0 Å². The zero-order chi connectivity index (χ0) is 9.97. The molecule has 0 unspecified atom stereocenters. The van der Waals surface area contributed by atoms with E-state index in [4.69, 9.17) is 0 Å². The second-order valence-corrected chi connectivity index (χ2v) is 2.73. The molecule has 70 valence electrons. The smallest absolute Gasteiger partial charge is 0.267 e. The van der Waals surface area contributed by atoms with Crippen LogP contribution in [0.15, 0.2) is 47.4 Å². The van der Waals surface area contributed by atoms with Crippen LogP contribution in [-0.2, 0) is 0 Å². The average Bonchev–Trinajstić information content (AvgIpc) is 2.20. The molecule has 0 atom stereocenters. The predicted molar refractivity (Wildman–Crippen MR) is 49.8 cm³/mol. The summed E-state index contributed by atoms with van der Waals surface area (Å²) in [6, 6.07) is 8.85. The lowest BCUT2D eigenvalue weighted by molar-refractivity contribution is 0.605. The van der Waals surface area contributed by atoms with Crippen LogP contribution in [0.25, 0.3) is 5.69 Å². The molecule has 1 aromatic carbocycles. The van der Waals surface area contributed by atoms with Crippen molar-refractivity contribution in [2.75, 3.05) is 0 Å². The maximum absolute atomic E-state index is 13.3. The first kappa shape index (κ1) is 8.62. The van der Waals surface area contributed by atoms with Crippen molar-refractivity contribution in [3.63, 3.8) is 0 Å². The van der Waals surface area contributed by atoms with E-state index in [2.05, 4.69) is 5.10 Å². The fourth-order valence-corrected chi connectivity index (χ4v) is 1.16. The molecule has 0 aliphatic rings. The Balaban J connectivity index is 2.67. The summed E-state index contributed by atoms with van der Waals surface area (Å²) in [5.74, 6) is -0.465. The van der Waals surface area contributed by atoms with E-state index in [1.165, 1.54) is 30.5 Å². The molecule has 2 aromatic rings. The summed E-state index contributed by atoms with van der Waals surface area (Å²) >= 11 is 0. The average molecular weight is 190 g/mol. The van der Waals surface area contributed by atoms with Crippen LogP contribution in [0, 0.1) is 5.82 Å². The minimum absolute atomic E-state index is 0.165. The van der Waals surface area contributed by atoms with Gasteiger partial charge in [0, 0.05) is 12.3 Å². The topological polar surface area (TPSA) is 34.9 Å². The molecule has 3 nitrogen and oxygen atoms in total. The summed E-state index contributed by atoms with van der Waals surface area (Å²) in [4.78, 5) is 11.3. The Labute approximate surface area is 79.4 Å². The van der Waals surface area contributed by atoms with Crippen LogP contribution in [0.1, 0.15) is 0 Å². The molecule has 0 bridgehead atoms. The minimum Gasteiger partial charge on any atom is -0.267 e. The van der Waals surface area contributed by atoms with E-state index in [0.717, 1.165) is 4.68 Å². The number of halogens is 1. The first-order valence-corrected chi connectivity index (χ1v) is 4.08. The van der Waals surface area contributed by atoms with Crippen molar-refractivity contribution in [1.82, 2.24) is 9.78 Å². The lowest BCUT2D eigenvalue weighted by atomic mass is 10.3. The van der Waals surface area contributed by atoms with Crippen LogP contribution in [0.4, 0.5) is 4.39 Å². The van der Waals surface area contributed by atoms with Crippen molar-refractivity contribution < 1.29 is 4.39 Å². The van der Waals surface area contributed by atoms with Crippen molar-refractivity contribution in [2.24, 2.45) is 0 Å². The molecule has 0 spiro atoms. The van der Waals surface area contributed by atoms with E-state index < -0.39 is 5.82 Å². The molecule has 14 heavy (non-hydrogen) atoms. The van der Waals surface area contributed by atoms with Crippen LogP contribution in [0.3, 0.4) is 0 Å². The molecule has 0 aliphatic heterocycles. The van der Waals surface area contributed by atoms with Crippen LogP contribution in [0.2, 0.25) is 0 Å². The number of hydrogen-bond acceptors (Lipinski definition) is 2. The maximum atomic E-state index is 13.3. The van der Waals surface area contributed by atoms with Gasteiger partial charge in [0.2, 0.25) is 0 Å². The molecule has 0 N–H and O–H groups in total. The van der Waals surface area contributed by atoms with E-state index in [1.807, 2.05) is 0 Å². The Bertz CT molecular complexity index is 507. The number of benzene rings is 1. The second kappa shape index (κ2) is 3.41. The summed E-state index contributed by atoms with van der Waals surface area (Å²) in [5, 5.41) is 3.77. The molecule has 1 aromatic heterocycles. The van der Waals surface area contributed by atoms with Gasteiger partial charge in [0.1, 0.15) is 11.5 Å². The van der Waals surface area contributed by atoms with Gasteiger partial charge in [-0.2, -0.15) is 9.78 Å². The first-order chi connectivity index (χ1) is 6.79. The molecule has 2 rings (SSSR count). The minimum atomic E-state index is -0.465. The van der Waals surface area contributed by atoms with Gasteiger partial charge in [-0.05, 0) is 18.2 Å². The van der Waals surface area contributed by atoms with E-state index >= 15 is 0 Å². The van der Waals surface area contributed by atoms with Crippen molar-refractivity contribution in [3.8, 4) is 5.69 Å². The van der Waals surface area contributed by atoms with Crippen molar-refractivity contribution in [1.29, 1.82) is 0 Å². The zero-order valence-corrected chi connectivity index (χ0v) is 7.22. The normalized spacial score (nSPS) is 10.1. The monoisotopic (exact) mass is 190 g/mol. The summed E-state index contributed by atoms with van der Waals surface area (Å²) < 4.78 is 14.3. The standard InChI is InChI=1S/C10H7FN2O/c11-8-4-1-2-5-9(8)13-10(14)6-3-7-12-13/h1-7H. The first-order valence-electron chi connectivity index (χ1n) is 4.08. The van der Waals surface area contributed by atoms with Crippen molar-refractivity contribution >= 4 is 0 Å². The Hall–Kier alpha value is -1.97. The highest BCUT2D eigenvalue weighted by Gasteiger charge is 2.04. The fourth-order valence-electron chi connectivity index (χ4n) is 1.16. The molecule has 0 fully saturated rings. The van der Waals surface area contributed by atoms with E-state index in [-0.39, 0.29) is 11.2 Å². The van der Waals surface area contributed by atoms with Gasteiger partial charge < -0.3 is 0 Å². The molecular weight excluding hydrogens is 183 g/mol. The van der Waals surface area contributed by atoms with E-state index in [9.17, 15) is 9.18 Å². The van der Waals surface area contributed by atoms with E-state index in [0.29, 0.717) is 0 Å². The van der Waals surface area contributed by atoms with Crippen LogP contribution < -0.4 is 5.56 Å². The van der Waals surface area contributed by atoms with Crippen LogP contribution in [-0.4, -0.2) is 9.78 Å². The third kappa shape index (κ3) is 1.42. The number of hydrogen-bond donors (Lipinski definition) is 0.